The van der Waals surface area contributed by atoms with Gasteiger partial charge in [-0.3, -0.25) is 4.79 Å². The van der Waals surface area contributed by atoms with Gasteiger partial charge in [-0.2, -0.15) is 0 Å². The Morgan fingerprint density at radius 1 is 1.13 bits per heavy atom. The largest absolute Gasteiger partial charge is 0.441 e. The number of hydrogen-bond acceptors (Lipinski definition) is 6. The van der Waals surface area contributed by atoms with E-state index in [2.05, 4.69) is 21.4 Å². The molecule has 1 saturated heterocycles. The minimum absolute atomic E-state index is 0.0452. The van der Waals surface area contributed by atoms with Crippen LogP contribution < -0.4 is 10.6 Å². The quantitative estimate of drug-likeness (QED) is 0.489. The van der Waals surface area contributed by atoms with Gasteiger partial charge < -0.3 is 20.0 Å². The fourth-order valence-corrected chi connectivity index (χ4v) is 4.31. The average Bonchev–Trinajstić information content (AvgIpc) is 3.17. The molecule has 0 unspecified atom stereocenters. The topological polar surface area (TPSA) is 88.5 Å². The molecule has 0 aliphatic carbocycles. The smallest absolute Gasteiger partial charge is 0.246 e. The third kappa shape index (κ3) is 3.47. The highest BCUT2D eigenvalue weighted by molar-refractivity contribution is 6.34. The Labute approximate surface area is 183 Å². The molecule has 2 aromatic heterocycles. The standard InChI is InChI=1S/C23H20ClN5O2/c1-2-22(30)28-5-7-29(8-6-28)23-17-11-18(24)16(12-19(17)26-13-27-23)14-3-4-20-15(9-14)10-21(25)31-20/h2-4,9-13H,1,5-8,25H2. The maximum Gasteiger partial charge on any atom is 0.246 e. The van der Waals surface area contributed by atoms with Crippen LogP contribution in [0, 0.1) is 0 Å². The zero-order valence-corrected chi connectivity index (χ0v) is 17.5. The van der Waals surface area contributed by atoms with Crippen LogP contribution in [0.25, 0.3) is 33.0 Å². The third-order valence-electron chi connectivity index (χ3n) is 5.61. The molecule has 0 atom stereocenters. The van der Waals surface area contributed by atoms with Crippen molar-refractivity contribution in [1.29, 1.82) is 0 Å². The van der Waals surface area contributed by atoms with Gasteiger partial charge in [0.15, 0.2) is 5.88 Å². The molecule has 7 nitrogen and oxygen atoms in total. The first-order valence-corrected chi connectivity index (χ1v) is 10.3. The number of nitrogens with two attached hydrogens (primary N) is 1. The van der Waals surface area contributed by atoms with Gasteiger partial charge >= 0.3 is 0 Å². The van der Waals surface area contributed by atoms with Gasteiger partial charge in [-0.25, -0.2) is 9.97 Å². The van der Waals surface area contributed by atoms with Crippen molar-refractivity contribution < 1.29 is 9.21 Å². The number of hydrogen-bond donors (Lipinski definition) is 1. The number of aromatic nitrogens is 2. The van der Waals surface area contributed by atoms with E-state index in [1.807, 2.05) is 30.3 Å². The lowest BCUT2D eigenvalue weighted by molar-refractivity contribution is -0.126. The van der Waals surface area contributed by atoms with Crippen LogP contribution >= 0.6 is 11.6 Å². The third-order valence-corrected chi connectivity index (χ3v) is 5.93. The molecule has 0 saturated carbocycles. The van der Waals surface area contributed by atoms with Gasteiger partial charge in [-0.15, -0.1) is 0 Å². The normalized spacial score (nSPS) is 14.4. The van der Waals surface area contributed by atoms with Crippen LogP contribution in [0.5, 0.6) is 0 Å². The molecule has 0 radical (unpaired) electrons. The zero-order valence-electron chi connectivity index (χ0n) is 16.7. The first kappa shape index (κ1) is 19.4. The number of benzene rings is 2. The van der Waals surface area contributed by atoms with Crippen LogP contribution in [0.4, 0.5) is 11.7 Å². The lowest BCUT2D eigenvalue weighted by Crippen LogP contribution is -2.48. The van der Waals surface area contributed by atoms with Crippen molar-refractivity contribution in [2.75, 3.05) is 36.8 Å². The summed E-state index contributed by atoms with van der Waals surface area (Å²) in [4.78, 5) is 24.8. The highest BCUT2D eigenvalue weighted by Gasteiger charge is 2.22. The summed E-state index contributed by atoms with van der Waals surface area (Å²) >= 11 is 6.70. The van der Waals surface area contributed by atoms with Crippen LogP contribution in [-0.4, -0.2) is 47.0 Å². The summed E-state index contributed by atoms with van der Waals surface area (Å²) in [5.74, 6) is 1.16. The number of carbonyl (C=O) groups is 1. The Balaban J connectivity index is 1.51. The van der Waals surface area contributed by atoms with Crippen molar-refractivity contribution >= 4 is 51.1 Å². The summed E-state index contributed by atoms with van der Waals surface area (Å²) in [6.07, 6.45) is 2.92. The van der Waals surface area contributed by atoms with Gasteiger partial charge in [0.25, 0.3) is 0 Å². The highest BCUT2D eigenvalue weighted by Crippen LogP contribution is 2.36. The first-order valence-electron chi connectivity index (χ1n) is 9.93. The monoisotopic (exact) mass is 433 g/mol. The lowest BCUT2D eigenvalue weighted by atomic mass is 10.0. The van der Waals surface area contributed by atoms with Crippen molar-refractivity contribution in [3.63, 3.8) is 0 Å². The summed E-state index contributed by atoms with van der Waals surface area (Å²) < 4.78 is 5.46. The Hall–Kier alpha value is -3.58. The Morgan fingerprint density at radius 3 is 2.71 bits per heavy atom. The second-order valence-corrected chi connectivity index (χ2v) is 7.87. The number of furan rings is 1. The molecule has 1 amide bonds. The Kier molecular flexibility index (Phi) is 4.75. The average molecular weight is 434 g/mol. The van der Waals surface area contributed by atoms with Crippen LogP contribution in [-0.2, 0) is 4.79 Å². The molecule has 2 N–H and O–H groups in total. The Morgan fingerprint density at radius 2 is 1.94 bits per heavy atom. The molecule has 5 rings (SSSR count). The van der Waals surface area contributed by atoms with E-state index in [0.29, 0.717) is 37.1 Å². The SMILES string of the molecule is C=CC(=O)N1CCN(c2ncnc3cc(-c4ccc5oc(N)cc5c4)c(Cl)cc23)CC1. The number of halogens is 1. The number of anilines is 2. The van der Waals surface area contributed by atoms with E-state index in [1.165, 1.54) is 6.08 Å². The van der Waals surface area contributed by atoms with Crippen LogP contribution in [0.2, 0.25) is 5.02 Å². The Bertz CT molecular complexity index is 1320. The van der Waals surface area contributed by atoms with Crippen LogP contribution in [0.1, 0.15) is 0 Å². The summed E-state index contributed by atoms with van der Waals surface area (Å²) in [6.45, 7) is 6.17. The number of fused-ring (bicyclic) bond motifs is 2. The number of nitrogens with zero attached hydrogens (tertiary/aromatic N) is 4. The van der Waals surface area contributed by atoms with E-state index < -0.39 is 0 Å². The fraction of sp³-hybridized carbons (Fsp3) is 0.174. The molecule has 4 aromatic rings. The minimum Gasteiger partial charge on any atom is -0.441 e. The van der Waals surface area contributed by atoms with Crippen molar-refractivity contribution in [3.05, 3.63) is 60.4 Å². The van der Waals surface area contributed by atoms with E-state index >= 15 is 0 Å². The summed E-state index contributed by atoms with van der Waals surface area (Å²) in [5.41, 5.74) is 9.14. The van der Waals surface area contributed by atoms with E-state index in [9.17, 15) is 4.79 Å². The highest BCUT2D eigenvalue weighted by atomic mass is 35.5. The maximum atomic E-state index is 11.9. The molecular weight excluding hydrogens is 414 g/mol. The van der Waals surface area contributed by atoms with E-state index in [0.717, 1.165) is 38.8 Å². The number of nitrogen functional groups attached to an aromatic ring is 1. The van der Waals surface area contributed by atoms with Gasteiger partial charge in [0.05, 0.1) is 5.52 Å². The summed E-state index contributed by atoms with van der Waals surface area (Å²) in [6, 6.07) is 11.5. The summed E-state index contributed by atoms with van der Waals surface area (Å²) in [5, 5.41) is 2.41. The molecular formula is C23H20ClN5O2. The molecule has 1 aliphatic heterocycles. The van der Waals surface area contributed by atoms with Gasteiger partial charge in [-0.1, -0.05) is 24.2 Å². The second kappa shape index (κ2) is 7.59. The molecule has 1 fully saturated rings. The molecule has 2 aromatic carbocycles. The molecule has 0 spiro atoms. The predicted molar refractivity (Wildman–Crippen MR) is 123 cm³/mol. The van der Waals surface area contributed by atoms with Crippen LogP contribution in [0.3, 0.4) is 0 Å². The summed E-state index contributed by atoms with van der Waals surface area (Å²) in [7, 11) is 0. The second-order valence-electron chi connectivity index (χ2n) is 7.46. The predicted octanol–water partition coefficient (Wildman–Crippen LogP) is 4.11. The minimum atomic E-state index is -0.0452. The number of rotatable bonds is 3. The van der Waals surface area contributed by atoms with Gasteiger partial charge in [0, 0.05) is 53.6 Å². The van der Waals surface area contributed by atoms with Gasteiger partial charge in [0.2, 0.25) is 5.91 Å². The molecule has 3 heterocycles. The van der Waals surface area contributed by atoms with Gasteiger partial charge in [0.1, 0.15) is 17.7 Å². The zero-order chi connectivity index (χ0) is 21.5. The van der Waals surface area contributed by atoms with Crippen molar-refractivity contribution in [3.8, 4) is 11.1 Å². The molecule has 31 heavy (non-hydrogen) atoms. The van der Waals surface area contributed by atoms with Crippen LogP contribution in [0.15, 0.2) is 59.8 Å². The molecule has 8 heteroatoms. The number of carbonyl (C=O) groups excluding carboxylic acids is 1. The van der Waals surface area contributed by atoms with E-state index in [1.54, 1.807) is 17.3 Å². The maximum absolute atomic E-state index is 11.9. The first-order chi connectivity index (χ1) is 15.0. The molecule has 1 aliphatic rings. The molecule has 156 valence electrons. The number of piperazine rings is 1. The van der Waals surface area contributed by atoms with Crippen molar-refractivity contribution in [2.45, 2.75) is 0 Å². The molecule has 0 bridgehead atoms. The van der Waals surface area contributed by atoms with E-state index in [-0.39, 0.29) is 5.91 Å². The van der Waals surface area contributed by atoms with Gasteiger partial charge in [-0.05, 0) is 35.9 Å². The fourth-order valence-electron chi connectivity index (χ4n) is 4.04. The lowest BCUT2D eigenvalue weighted by Gasteiger charge is -2.35. The number of amides is 1. The van der Waals surface area contributed by atoms with E-state index in [4.69, 9.17) is 21.8 Å². The van der Waals surface area contributed by atoms with Crippen molar-refractivity contribution in [1.82, 2.24) is 14.9 Å². The van der Waals surface area contributed by atoms with Crippen molar-refractivity contribution in [2.24, 2.45) is 0 Å².